The van der Waals surface area contributed by atoms with Gasteiger partial charge >= 0.3 is 0 Å². The maximum atomic E-state index is 12.1. The van der Waals surface area contributed by atoms with E-state index in [-0.39, 0.29) is 10.9 Å². The number of thiocarbonyl (C=S) groups is 1. The van der Waals surface area contributed by atoms with E-state index >= 15 is 0 Å². The van der Waals surface area contributed by atoms with Crippen LogP contribution in [0.3, 0.4) is 0 Å². The molecule has 5 heteroatoms. The molecule has 92 valence electrons. The monoisotopic (exact) mass is 251 g/mol. The highest BCUT2D eigenvalue weighted by Crippen LogP contribution is 2.07. The van der Waals surface area contributed by atoms with Gasteiger partial charge in [0.2, 0.25) is 5.91 Å². The number of pyridine rings is 1. The van der Waals surface area contributed by atoms with Gasteiger partial charge in [-0.25, -0.2) is 0 Å². The summed E-state index contributed by atoms with van der Waals surface area (Å²) in [6.45, 7) is 4.75. The van der Waals surface area contributed by atoms with Gasteiger partial charge < -0.3 is 10.6 Å². The summed E-state index contributed by atoms with van der Waals surface area (Å²) in [7, 11) is 0. The highest BCUT2D eigenvalue weighted by molar-refractivity contribution is 7.80. The maximum absolute atomic E-state index is 12.1. The van der Waals surface area contributed by atoms with Crippen LogP contribution in [0, 0.1) is 5.92 Å². The molecule has 0 aliphatic carbocycles. The summed E-state index contributed by atoms with van der Waals surface area (Å²) < 4.78 is 0. The molecule has 0 bridgehead atoms. The van der Waals surface area contributed by atoms with Gasteiger partial charge in [0.25, 0.3) is 0 Å². The van der Waals surface area contributed by atoms with Gasteiger partial charge in [0.15, 0.2) is 0 Å². The number of hydrogen-bond acceptors (Lipinski definition) is 3. The molecule has 1 amide bonds. The van der Waals surface area contributed by atoms with E-state index in [1.165, 1.54) is 0 Å². The van der Waals surface area contributed by atoms with E-state index in [0.29, 0.717) is 13.1 Å². The van der Waals surface area contributed by atoms with Gasteiger partial charge in [-0.3, -0.25) is 9.78 Å². The third kappa shape index (κ3) is 3.78. The van der Waals surface area contributed by atoms with Crippen molar-refractivity contribution >= 4 is 23.1 Å². The van der Waals surface area contributed by atoms with E-state index in [1.807, 2.05) is 25.1 Å². The number of hydrogen-bond donors (Lipinski definition) is 1. The molecular weight excluding hydrogens is 234 g/mol. The maximum Gasteiger partial charge on any atom is 0.232 e. The average molecular weight is 251 g/mol. The van der Waals surface area contributed by atoms with Crippen molar-refractivity contribution in [3.8, 4) is 0 Å². The van der Waals surface area contributed by atoms with Crippen molar-refractivity contribution < 1.29 is 4.79 Å². The summed E-state index contributed by atoms with van der Waals surface area (Å²) in [5.74, 6) is -0.473. The number of carbonyl (C=O) groups is 1. The largest absolute Gasteiger partial charge is 0.393 e. The van der Waals surface area contributed by atoms with Crippen LogP contribution >= 0.6 is 12.2 Å². The van der Waals surface area contributed by atoms with Crippen LogP contribution in [0.4, 0.5) is 0 Å². The number of nitrogens with two attached hydrogens (primary N) is 1. The fraction of sp³-hybridized carbons (Fsp3) is 0.417. The Kier molecular flexibility index (Phi) is 5.03. The van der Waals surface area contributed by atoms with Crippen LogP contribution in [0.1, 0.15) is 19.5 Å². The number of rotatable bonds is 5. The van der Waals surface area contributed by atoms with E-state index in [4.69, 9.17) is 18.0 Å². The van der Waals surface area contributed by atoms with Crippen LogP contribution in [0.2, 0.25) is 0 Å². The zero-order valence-electron chi connectivity index (χ0n) is 10.1. The Hall–Kier alpha value is -1.49. The van der Waals surface area contributed by atoms with Gasteiger partial charge in [-0.1, -0.05) is 18.3 Å². The van der Waals surface area contributed by atoms with Gasteiger partial charge in [0.05, 0.1) is 23.1 Å². The Morgan fingerprint density at radius 2 is 2.29 bits per heavy atom. The molecule has 1 unspecified atom stereocenters. The van der Waals surface area contributed by atoms with E-state index < -0.39 is 5.92 Å². The first-order valence-corrected chi connectivity index (χ1v) is 5.95. The minimum absolute atomic E-state index is 0.0503. The van der Waals surface area contributed by atoms with Crippen molar-refractivity contribution in [3.05, 3.63) is 30.1 Å². The lowest BCUT2D eigenvalue weighted by molar-refractivity contribution is -0.133. The summed E-state index contributed by atoms with van der Waals surface area (Å²) in [4.78, 5) is 18.2. The zero-order chi connectivity index (χ0) is 12.8. The Morgan fingerprint density at radius 1 is 1.59 bits per heavy atom. The van der Waals surface area contributed by atoms with Crippen molar-refractivity contribution in [2.24, 2.45) is 11.7 Å². The Labute approximate surface area is 107 Å². The summed E-state index contributed by atoms with van der Waals surface area (Å²) in [6.07, 6.45) is 1.71. The quantitative estimate of drug-likeness (QED) is 0.803. The molecule has 1 atom stereocenters. The summed E-state index contributed by atoms with van der Waals surface area (Å²) in [5, 5.41) is 0. The standard InChI is InChI=1S/C12H17N3OS/c1-3-15(12(16)9(2)11(13)17)8-10-6-4-5-7-14-10/h4-7,9H,3,8H2,1-2H3,(H2,13,17). The lowest BCUT2D eigenvalue weighted by Gasteiger charge is -2.23. The number of aromatic nitrogens is 1. The smallest absolute Gasteiger partial charge is 0.232 e. The summed E-state index contributed by atoms with van der Waals surface area (Å²) in [5.41, 5.74) is 6.35. The predicted octanol–water partition coefficient (Wildman–Crippen LogP) is 1.35. The van der Waals surface area contributed by atoms with Gasteiger partial charge in [-0.05, 0) is 26.0 Å². The fourth-order valence-electron chi connectivity index (χ4n) is 1.43. The SMILES string of the molecule is CCN(Cc1ccccn1)C(=O)C(C)C(N)=S. The molecule has 1 aromatic rings. The molecule has 0 fully saturated rings. The molecular formula is C12H17N3OS. The second-order valence-corrected chi connectivity index (χ2v) is 4.27. The molecule has 0 saturated heterocycles. The first-order valence-electron chi connectivity index (χ1n) is 5.54. The first kappa shape index (κ1) is 13.6. The van der Waals surface area contributed by atoms with Crippen molar-refractivity contribution in [2.75, 3.05) is 6.54 Å². The van der Waals surface area contributed by atoms with Gasteiger partial charge in [0.1, 0.15) is 0 Å². The average Bonchev–Trinajstić information content (AvgIpc) is 2.35. The number of amides is 1. The molecule has 4 nitrogen and oxygen atoms in total. The molecule has 0 spiro atoms. The lowest BCUT2D eigenvalue weighted by Crippen LogP contribution is -2.39. The molecule has 0 radical (unpaired) electrons. The highest BCUT2D eigenvalue weighted by atomic mass is 32.1. The number of carbonyl (C=O) groups excluding carboxylic acids is 1. The molecule has 0 aliphatic rings. The van der Waals surface area contributed by atoms with Crippen molar-refractivity contribution in [2.45, 2.75) is 20.4 Å². The Morgan fingerprint density at radius 3 is 2.76 bits per heavy atom. The summed E-state index contributed by atoms with van der Waals surface area (Å²) in [6, 6.07) is 5.64. The van der Waals surface area contributed by atoms with Crippen LogP contribution in [0.15, 0.2) is 24.4 Å². The molecule has 1 rings (SSSR count). The van der Waals surface area contributed by atoms with Crippen LogP contribution in [-0.4, -0.2) is 27.3 Å². The fourth-order valence-corrected chi connectivity index (χ4v) is 1.53. The molecule has 0 aliphatic heterocycles. The van der Waals surface area contributed by atoms with Crippen LogP contribution < -0.4 is 5.73 Å². The highest BCUT2D eigenvalue weighted by Gasteiger charge is 2.21. The minimum atomic E-state index is -0.423. The molecule has 1 heterocycles. The van der Waals surface area contributed by atoms with Gasteiger partial charge in [-0.15, -0.1) is 0 Å². The Bertz CT molecular complexity index is 394. The zero-order valence-corrected chi connectivity index (χ0v) is 10.9. The van der Waals surface area contributed by atoms with Crippen LogP contribution in [0.25, 0.3) is 0 Å². The predicted molar refractivity (Wildman–Crippen MR) is 71.3 cm³/mol. The second-order valence-electron chi connectivity index (χ2n) is 3.80. The number of nitrogens with zero attached hydrogens (tertiary/aromatic N) is 2. The third-order valence-corrected chi connectivity index (χ3v) is 2.92. The van der Waals surface area contributed by atoms with Crippen molar-refractivity contribution in [1.82, 2.24) is 9.88 Å². The topological polar surface area (TPSA) is 59.2 Å². The lowest BCUT2D eigenvalue weighted by atomic mass is 10.1. The van der Waals surface area contributed by atoms with Crippen molar-refractivity contribution in [3.63, 3.8) is 0 Å². The van der Waals surface area contributed by atoms with E-state index in [9.17, 15) is 4.79 Å². The van der Waals surface area contributed by atoms with Crippen molar-refractivity contribution in [1.29, 1.82) is 0 Å². The normalized spacial score (nSPS) is 11.9. The van der Waals surface area contributed by atoms with Gasteiger partial charge in [-0.2, -0.15) is 0 Å². The Balaban J connectivity index is 2.72. The van der Waals surface area contributed by atoms with Gasteiger partial charge in [0, 0.05) is 12.7 Å². The molecule has 0 aromatic carbocycles. The van der Waals surface area contributed by atoms with E-state index in [0.717, 1.165) is 5.69 Å². The third-order valence-electron chi connectivity index (χ3n) is 2.57. The van der Waals surface area contributed by atoms with Crippen LogP contribution in [0.5, 0.6) is 0 Å². The van der Waals surface area contributed by atoms with Crippen LogP contribution in [-0.2, 0) is 11.3 Å². The molecule has 0 saturated carbocycles. The molecule has 1 aromatic heterocycles. The molecule has 2 N–H and O–H groups in total. The second kappa shape index (κ2) is 6.30. The minimum Gasteiger partial charge on any atom is -0.393 e. The van der Waals surface area contributed by atoms with E-state index in [2.05, 4.69) is 4.98 Å². The first-order chi connectivity index (χ1) is 8.06. The molecule has 17 heavy (non-hydrogen) atoms. The van der Waals surface area contributed by atoms with E-state index in [1.54, 1.807) is 18.0 Å². The summed E-state index contributed by atoms with van der Waals surface area (Å²) >= 11 is 4.84.